The fourth-order valence-corrected chi connectivity index (χ4v) is 4.74. The highest BCUT2D eigenvalue weighted by atomic mass is 32.2. The quantitative estimate of drug-likeness (QED) is 0.700. The van der Waals surface area contributed by atoms with E-state index in [0.717, 1.165) is 38.3 Å². The first-order valence-corrected chi connectivity index (χ1v) is 10.7. The van der Waals surface area contributed by atoms with Crippen LogP contribution in [0.15, 0.2) is 53.5 Å². The largest absolute Gasteiger partial charge is 0.379 e. The molecule has 0 saturated carbocycles. The maximum Gasteiger partial charge on any atom is 0.149 e. The molecule has 0 spiro atoms. The molecule has 0 amide bonds. The second kappa shape index (κ2) is 8.12. The van der Waals surface area contributed by atoms with E-state index < -0.39 is 11.0 Å². The summed E-state index contributed by atoms with van der Waals surface area (Å²) < 4.78 is 5.58. The summed E-state index contributed by atoms with van der Waals surface area (Å²) >= 11 is 1.73. The Kier molecular flexibility index (Phi) is 6.06. The lowest BCUT2D eigenvalue weighted by Gasteiger charge is -2.53. The van der Waals surface area contributed by atoms with Crippen LogP contribution < -0.4 is 0 Å². The zero-order valence-electron chi connectivity index (χ0n) is 16.0. The van der Waals surface area contributed by atoms with Crippen LogP contribution in [0.1, 0.15) is 32.3 Å². The second-order valence-electron chi connectivity index (χ2n) is 7.17. The van der Waals surface area contributed by atoms with Crippen LogP contribution in [-0.4, -0.2) is 48.8 Å². The Balaban J connectivity index is 2.14. The van der Waals surface area contributed by atoms with Crippen molar-refractivity contribution < 1.29 is 9.53 Å². The number of nitrogens with zero attached hydrogens (tertiary/aromatic N) is 1. The topological polar surface area (TPSA) is 29.5 Å². The molecule has 1 aliphatic heterocycles. The zero-order valence-corrected chi connectivity index (χ0v) is 16.8. The lowest BCUT2D eigenvalue weighted by atomic mass is 9.60. The van der Waals surface area contributed by atoms with E-state index in [1.54, 1.807) is 11.8 Å². The van der Waals surface area contributed by atoms with Crippen LogP contribution >= 0.6 is 11.8 Å². The molecule has 0 aromatic heterocycles. The molecule has 0 bridgehead atoms. The number of Topliss-reactive ketones (excluding diaryl/α,β-unsaturated/α-hetero) is 1. The Morgan fingerprint density at radius 2 is 1.81 bits per heavy atom. The van der Waals surface area contributed by atoms with Gasteiger partial charge in [0.05, 0.1) is 24.2 Å². The van der Waals surface area contributed by atoms with E-state index in [1.165, 1.54) is 4.90 Å². The minimum absolute atomic E-state index is 0.298. The molecule has 3 rings (SSSR count). The fraction of sp³-hybridized carbons (Fsp3) is 0.500. The summed E-state index contributed by atoms with van der Waals surface area (Å²) in [6, 6.07) is 8.54. The number of ether oxygens (including phenoxy) is 1. The van der Waals surface area contributed by atoms with Crippen LogP contribution in [0.4, 0.5) is 0 Å². The Bertz CT molecular complexity index is 691. The first-order chi connectivity index (χ1) is 12.6. The van der Waals surface area contributed by atoms with Gasteiger partial charge in [-0.3, -0.25) is 9.69 Å². The van der Waals surface area contributed by atoms with Crippen molar-refractivity contribution in [1.82, 2.24) is 4.90 Å². The molecule has 1 aromatic rings. The Morgan fingerprint density at radius 1 is 1.15 bits per heavy atom. The van der Waals surface area contributed by atoms with Crippen molar-refractivity contribution in [3.05, 3.63) is 54.1 Å². The monoisotopic (exact) mass is 371 g/mol. The summed E-state index contributed by atoms with van der Waals surface area (Å²) in [6.07, 6.45) is 12.0. The van der Waals surface area contributed by atoms with Crippen molar-refractivity contribution in [3.8, 4) is 0 Å². The number of carbonyl (C=O) groups excluding carboxylic acids is 1. The molecule has 1 saturated heterocycles. The zero-order chi connectivity index (χ0) is 18.6. The first kappa shape index (κ1) is 19.4. The molecule has 4 heteroatoms. The molecule has 2 atom stereocenters. The van der Waals surface area contributed by atoms with Crippen molar-refractivity contribution in [1.29, 1.82) is 0 Å². The number of morpholine rings is 1. The van der Waals surface area contributed by atoms with Gasteiger partial charge in [0.2, 0.25) is 0 Å². The predicted molar refractivity (Wildman–Crippen MR) is 109 cm³/mol. The van der Waals surface area contributed by atoms with Crippen LogP contribution in [-0.2, 0) is 14.9 Å². The van der Waals surface area contributed by atoms with Gasteiger partial charge in [-0.25, -0.2) is 0 Å². The van der Waals surface area contributed by atoms with E-state index in [1.807, 2.05) is 6.08 Å². The summed E-state index contributed by atoms with van der Waals surface area (Å²) in [5.74, 6) is 0.298. The van der Waals surface area contributed by atoms with Gasteiger partial charge in [-0.1, -0.05) is 43.4 Å². The third-order valence-corrected chi connectivity index (χ3v) is 6.55. The third kappa shape index (κ3) is 3.19. The van der Waals surface area contributed by atoms with Crippen LogP contribution in [0.2, 0.25) is 0 Å². The van der Waals surface area contributed by atoms with Gasteiger partial charge in [-0.05, 0) is 37.3 Å². The van der Waals surface area contributed by atoms with E-state index in [4.69, 9.17) is 4.74 Å². The summed E-state index contributed by atoms with van der Waals surface area (Å²) in [4.78, 5) is 17.2. The fourth-order valence-electron chi connectivity index (χ4n) is 4.33. The van der Waals surface area contributed by atoms with Crippen molar-refractivity contribution in [2.45, 2.75) is 42.5 Å². The number of rotatable bonds is 6. The minimum atomic E-state index is -0.661. The molecule has 1 aliphatic carbocycles. The van der Waals surface area contributed by atoms with Crippen molar-refractivity contribution in [2.75, 3.05) is 32.6 Å². The van der Waals surface area contributed by atoms with Gasteiger partial charge < -0.3 is 4.74 Å². The summed E-state index contributed by atoms with van der Waals surface area (Å²) in [6.45, 7) is 7.43. The molecule has 26 heavy (non-hydrogen) atoms. The molecule has 3 nitrogen and oxygen atoms in total. The molecule has 1 aromatic carbocycles. The van der Waals surface area contributed by atoms with Gasteiger partial charge >= 0.3 is 0 Å². The molecule has 1 fully saturated rings. The number of hydrogen-bond donors (Lipinski definition) is 0. The van der Waals surface area contributed by atoms with Crippen LogP contribution in [0.25, 0.3) is 0 Å². The Morgan fingerprint density at radius 3 is 2.42 bits per heavy atom. The summed E-state index contributed by atoms with van der Waals surface area (Å²) in [5.41, 5.74) is 0.0355. The van der Waals surface area contributed by atoms with E-state index in [0.29, 0.717) is 12.2 Å². The average Bonchev–Trinajstić information content (AvgIpc) is 2.69. The standard InChI is InChI=1S/C22H29NO2S/c1-4-7-20(24)22(18-8-10-19(26-3)11-9-18)13-6-5-12-21(22,2)23-14-16-25-17-15-23/h5-6,8-13H,4,7,14-17H2,1-3H3. The third-order valence-electron chi connectivity index (χ3n) is 5.81. The Labute approximate surface area is 161 Å². The molecule has 1 heterocycles. The minimum Gasteiger partial charge on any atom is -0.379 e. The van der Waals surface area contributed by atoms with E-state index in [-0.39, 0.29) is 0 Å². The SMILES string of the molecule is CCCC(=O)C1(c2ccc(SC)cc2)C=CC=CC1(C)N1CCOCC1. The molecule has 2 aliphatic rings. The van der Waals surface area contributed by atoms with Gasteiger partial charge in [-0.2, -0.15) is 0 Å². The molecular formula is C22H29NO2S. The van der Waals surface area contributed by atoms with Crippen LogP contribution in [0, 0.1) is 0 Å². The second-order valence-corrected chi connectivity index (χ2v) is 8.05. The highest BCUT2D eigenvalue weighted by molar-refractivity contribution is 7.98. The molecular weight excluding hydrogens is 342 g/mol. The number of ketones is 1. The van der Waals surface area contributed by atoms with Crippen LogP contribution in [0.3, 0.4) is 0 Å². The summed E-state index contributed by atoms with van der Waals surface area (Å²) in [5, 5.41) is 0. The number of carbonyl (C=O) groups is 1. The smallest absolute Gasteiger partial charge is 0.149 e. The lowest BCUT2D eigenvalue weighted by Crippen LogP contribution is -2.64. The number of hydrogen-bond acceptors (Lipinski definition) is 4. The number of allylic oxidation sites excluding steroid dienone is 2. The van der Waals surface area contributed by atoms with Gasteiger partial charge in [-0.15, -0.1) is 11.8 Å². The number of thioether (sulfide) groups is 1. The van der Waals surface area contributed by atoms with Crippen molar-refractivity contribution >= 4 is 17.5 Å². The Hall–Kier alpha value is -1.36. The van der Waals surface area contributed by atoms with E-state index in [2.05, 4.69) is 67.5 Å². The normalized spacial score (nSPS) is 29.0. The number of benzene rings is 1. The average molecular weight is 372 g/mol. The predicted octanol–water partition coefficient (Wildman–Crippen LogP) is 4.23. The highest BCUT2D eigenvalue weighted by Crippen LogP contribution is 2.46. The van der Waals surface area contributed by atoms with E-state index in [9.17, 15) is 4.79 Å². The van der Waals surface area contributed by atoms with Crippen LogP contribution in [0.5, 0.6) is 0 Å². The van der Waals surface area contributed by atoms with Gasteiger partial charge in [0.25, 0.3) is 0 Å². The van der Waals surface area contributed by atoms with Gasteiger partial charge in [0.15, 0.2) is 0 Å². The summed E-state index contributed by atoms with van der Waals surface area (Å²) in [7, 11) is 0. The molecule has 0 radical (unpaired) electrons. The van der Waals surface area contributed by atoms with Gasteiger partial charge in [0, 0.05) is 24.4 Å². The molecule has 2 unspecified atom stereocenters. The molecule has 140 valence electrons. The van der Waals surface area contributed by atoms with Gasteiger partial charge in [0.1, 0.15) is 5.78 Å². The maximum atomic E-state index is 13.6. The van der Waals surface area contributed by atoms with Crippen molar-refractivity contribution in [2.24, 2.45) is 0 Å². The first-order valence-electron chi connectivity index (χ1n) is 9.46. The maximum absolute atomic E-state index is 13.6. The lowest BCUT2D eigenvalue weighted by molar-refractivity contribution is -0.128. The highest BCUT2D eigenvalue weighted by Gasteiger charge is 2.54. The van der Waals surface area contributed by atoms with E-state index >= 15 is 0 Å². The molecule has 0 N–H and O–H groups in total. The van der Waals surface area contributed by atoms with Crippen molar-refractivity contribution in [3.63, 3.8) is 0 Å².